The van der Waals surface area contributed by atoms with Crippen LogP contribution in [0.2, 0.25) is 0 Å². The Hall–Kier alpha value is -2.04. The lowest BCUT2D eigenvalue weighted by atomic mass is 10.2. The van der Waals surface area contributed by atoms with Gasteiger partial charge >= 0.3 is 0 Å². The average molecular weight is 307 g/mol. The maximum atomic E-state index is 12.7. The largest absolute Gasteiger partial charge is 0.376 e. The van der Waals surface area contributed by atoms with Crippen LogP contribution in [-0.2, 0) is 19.6 Å². The summed E-state index contributed by atoms with van der Waals surface area (Å²) in [5.41, 5.74) is 0.775. The van der Waals surface area contributed by atoms with Gasteiger partial charge in [0.05, 0.1) is 29.7 Å². The molecule has 0 aromatic heterocycles. The lowest BCUT2D eigenvalue weighted by Gasteiger charge is -2.31. The fourth-order valence-electron chi connectivity index (χ4n) is 2.09. The third-order valence-electron chi connectivity index (χ3n) is 3.16. The molecule has 1 saturated heterocycles. The van der Waals surface area contributed by atoms with E-state index in [1.165, 1.54) is 12.1 Å². The summed E-state index contributed by atoms with van der Waals surface area (Å²) in [6, 6.07) is 6.36. The minimum Gasteiger partial charge on any atom is -0.376 e. The van der Waals surface area contributed by atoms with Gasteiger partial charge in [-0.25, -0.2) is 13.2 Å². The molecular weight excluding hydrogens is 294 g/mol. The molecule has 1 fully saturated rings. The second-order valence-corrected chi connectivity index (χ2v) is 6.34. The standard InChI is InChI=1S/C13H13N3O4S/c1-10-2-3-11(7-14)6-12(10)21(18,19)16-4-5-20-8-13(16)15-9-17/h2-3,6,13H,4-5,8H2,1H3. The number of hydrogen-bond donors (Lipinski definition) is 0. The van der Waals surface area contributed by atoms with Crippen LogP contribution in [0.1, 0.15) is 11.1 Å². The van der Waals surface area contributed by atoms with E-state index in [4.69, 9.17) is 10.00 Å². The van der Waals surface area contributed by atoms with E-state index in [9.17, 15) is 13.2 Å². The first kappa shape index (κ1) is 15.4. The number of isocyanates is 1. The SMILES string of the molecule is Cc1ccc(C#N)cc1S(=O)(=O)N1CCOCC1N=C=O. The van der Waals surface area contributed by atoms with Crippen molar-refractivity contribution in [2.24, 2.45) is 4.99 Å². The van der Waals surface area contributed by atoms with Gasteiger partial charge in [0.2, 0.25) is 16.1 Å². The van der Waals surface area contributed by atoms with Crippen molar-refractivity contribution in [1.29, 1.82) is 5.26 Å². The molecule has 21 heavy (non-hydrogen) atoms. The molecule has 0 N–H and O–H groups in total. The van der Waals surface area contributed by atoms with E-state index in [2.05, 4.69) is 4.99 Å². The summed E-state index contributed by atoms with van der Waals surface area (Å²) < 4.78 is 31.7. The first-order chi connectivity index (χ1) is 10.0. The fourth-order valence-corrected chi connectivity index (χ4v) is 3.84. The van der Waals surface area contributed by atoms with E-state index in [0.717, 1.165) is 4.31 Å². The molecule has 1 aromatic carbocycles. The van der Waals surface area contributed by atoms with Gasteiger partial charge in [-0.05, 0) is 24.6 Å². The molecular formula is C13H13N3O4S. The van der Waals surface area contributed by atoms with Crippen LogP contribution in [0.5, 0.6) is 0 Å². The van der Waals surface area contributed by atoms with Crippen LogP contribution in [0, 0.1) is 18.3 Å². The summed E-state index contributed by atoms with van der Waals surface area (Å²) in [5, 5.41) is 8.92. The second kappa shape index (κ2) is 6.16. The van der Waals surface area contributed by atoms with Gasteiger partial charge in [0.1, 0.15) is 0 Å². The molecule has 0 aliphatic carbocycles. The molecule has 8 heteroatoms. The van der Waals surface area contributed by atoms with E-state index >= 15 is 0 Å². The Balaban J connectivity index is 2.50. The monoisotopic (exact) mass is 307 g/mol. The van der Waals surface area contributed by atoms with Crippen molar-refractivity contribution in [3.05, 3.63) is 29.3 Å². The van der Waals surface area contributed by atoms with Crippen LogP contribution < -0.4 is 0 Å². The molecule has 1 unspecified atom stereocenters. The first-order valence-electron chi connectivity index (χ1n) is 6.18. The van der Waals surface area contributed by atoms with Crippen LogP contribution in [0.15, 0.2) is 28.1 Å². The Morgan fingerprint density at radius 3 is 2.90 bits per heavy atom. The third-order valence-corrected chi connectivity index (χ3v) is 5.20. The Morgan fingerprint density at radius 2 is 2.24 bits per heavy atom. The summed E-state index contributed by atoms with van der Waals surface area (Å²) in [5.74, 6) is 0. The maximum Gasteiger partial charge on any atom is 0.245 e. The van der Waals surface area contributed by atoms with Crippen LogP contribution in [0.3, 0.4) is 0 Å². The van der Waals surface area contributed by atoms with Crippen molar-refractivity contribution >= 4 is 16.1 Å². The Bertz CT molecular complexity index is 732. The van der Waals surface area contributed by atoms with E-state index in [-0.39, 0.29) is 30.2 Å². The number of aliphatic imine (C=N–C) groups is 1. The molecule has 0 amide bonds. The highest BCUT2D eigenvalue weighted by Crippen LogP contribution is 2.24. The van der Waals surface area contributed by atoms with Crippen molar-refractivity contribution in [3.8, 4) is 6.07 Å². The number of hydrogen-bond acceptors (Lipinski definition) is 6. The molecule has 1 aliphatic rings. The molecule has 1 heterocycles. The minimum atomic E-state index is -3.87. The van der Waals surface area contributed by atoms with Gasteiger partial charge in [0.15, 0.2) is 6.17 Å². The van der Waals surface area contributed by atoms with Gasteiger partial charge in [0.25, 0.3) is 0 Å². The van der Waals surface area contributed by atoms with Crippen molar-refractivity contribution < 1.29 is 17.9 Å². The predicted octanol–water partition coefficient (Wildman–Crippen LogP) is 0.550. The molecule has 0 radical (unpaired) electrons. The minimum absolute atomic E-state index is 0.00542. The number of benzene rings is 1. The molecule has 1 aromatic rings. The number of nitriles is 1. The Morgan fingerprint density at radius 1 is 1.48 bits per heavy atom. The van der Waals surface area contributed by atoms with E-state index in [1.54, 1.807) is 19.1 Å². The molecule has 0 spiro atoms. The van der Waals surface area contributed by atoms with Gasteiger partial charge in [0, 0.05) is 6.54 Å². The second-order valence-electron chi connectivity index (χ2n) is 4.48. The van der Waals surface area contributed by atoms with Crippen molar-refractivity contribution in [2.75, 3.05) is 19.8 Å². The van der Waals surface area contributed by atoms with Crippen LogP contribution in [-0.4, -0.2) is 44.7 Å². The van der Waals surface area contributed by atoms with Gasteiger partial charge in [-0.1, -0.05) is 6.07 Å². The number of nitrogens with zero attached hydrogens (tertiary/aromatic N) is 3. The number of aryl methyl sites for hydroxylation is 1. The number of morpholine rings is 1. The molecule has 7 nitrogen and oxygen atoms in total. The molecule has 0 saturated carbocycles. The van der Waals surface area contributed by atoms with Gasteiger partial charge < -0.3 is 4.74 Å². The zero-order chi connectivity index (χ0) is 15.5. The van der Waals surface area contributed by atoms with Crippen molar-refractivity contribution in [2.45, 2.75) is 18.0 Å². The van der Waals surface area contributed by atoms with E-state index in [0.29, 0.717) is 5.56 Å². The summed E-state index contributed by atoms with van der Waals surface area (Å²) in [6.07, 6.45) is 0.440. The smallest absolute Gasteiger partial charge is 0.245 e. The van der Waals surface area contributed by atoms with Crippen molar-refractivity contribution in [1.82, 2.24) is 4.31 Å². The molecule has 1 aliphatic heterocycles. The summed E-state index contributed by atoms with van der Waals surface area (Å²) >= 11 is 0. The fraction of sp³-hybridized carbons (Fsp3) is 0.385. The highest BCUT2D eigenvalue weighted by molar-refractivity contribution is 7.89. The summed E-state index contributed by atoms with van der Waals surface area (Å²) in [4.78, 5) is 14.0. The average Bonchev–Trinajstić information content (AvgIpc) is 2.48. The van der Waals surface area contributed by atoms with E-state index in [1.807, 2.05) is 6.07 Å². The third kappa shape index (κ3) is 3.01. The van der Waals surface area contributed by atoms with E-state index < -0.39 is 16.2 Å². The van der Waals surface area contributed by atoms with Gasteiger partial charge in [-0.3, -0.25) is 0 Å². The zero-order valence-corrected chi connectivity index (χ0v) is 12.1. The Kier molecular flexibility index (Phi) is 4.50. The molecule has 1 atom stereocenters. The summed E-state index contributed by atoms with van der Waals surface area (Å²) in [6.45, 7) is 1.97. The molecule has 110 valence electrons. The van der Waals surface area contributed by atoms with Crippen molar-refractivity contribution in [3.63, 3.8) is 0 Å². The number of rotatable bonds is 3. The van der Waals surface area contributed by atoms with Gasteiger partial charge in [-0.15, -0.1) is 0 Å². The topological polar surface area (TPSA) is 99.8 Å². The Labute approximate surface area is 122 Å². The highest BCUT2D eigenvalue weighted by Gasteiger charge is 2.35. The number of ether oxygens (including phenoxy) is 1. The number of carbonyl (C=O) groups excluding carboxylic acids is 1. The van der Waals surface area contributed by atoms with Crippen LogP contribution >= 0.6 is 0 Å². The normalized spacial score (nSPS) is 19.5. The van der Waals surface area contributed by atoms with Crippen LogP contribution in [0.4, 0.5) is 0 Å². The highest BCUT2D eigenvalue weighted by atomic mass is 32.2. The summed E-state index contributed by atoms with van der Waals surface area (Å²) in [7, 11) is -3.87. The predicted molar refractivity (Wildman–Crippen MR) is 72.5 cm³/mol. The maximum absolute atomic E-state index is 12.7. The zero-order valence-electron chi connectivity index (χ0n) is 11.3. The number of sulfonamides is 1. The van der Waals surface area contributed by atoms with Crippen LogP contribution in [0.25, 0.3) is 0 Å². The first-order valence-corrected chi connectivity index (χ1v) is 7.62. The quantitative estimate of drug-likeness (QED) is 0.599. The molecule has 2 rings (SSSR count). The van der Waals surface area contributed by atoms with Gasteiger partial charge in [-0.2, -0.15) is 14.6 Å². The molecule has 0 bridgehead atoms. The lowest BCUT2D eigenvalue weighted by molar-refractivity contribution is 0.0359. The lowest BCUT2D eigenvalue weighted by Crippen LogP contribution is -2.47.